The van der Waals surface area contributed by atoms with E-state index in [4.69, 9.17) is 13.9 Å². The first kappa shape index (κ1) is 26.5. The van der Waals surface area contributed by atoms with Crippen molar-refractivity contribution in [3.8, 4) is 17.2 Å². The predicted molar refractivity (Wildman–Crippen MR) is 141 cm³/mol. The van der Waals surface area contributed by atoms with Crippen LogP contribution in [0, 0.1) is 6.92 Å². The fourth-order valence-electron chi connectivity index (χ4n) is 4.73. The first-order chi connectivity index (χ1) is 18.0. The number of nitrogens with zero attached hydrogens (tertiary/aromatic N) is 2. The monoisotopic (exact) mass is 504 g/mol. The van der Waals surface area contributed by atoms with E-state index in [9.17, 15) is 9.59 Å². The minimum Gasteiger partial charge on any atom is -0.493 e. The lowest BCUT2D eigenvalue weighted by atomic mass is 9.91. The molecule has 1 unspecified atom stereocenters. The van der Waals surface area contributed by atoms with Gasteiger partial charge in [0.15, 0.2) is 6.04 Å². The molecule has 3 aromatic rings. The SMILES string of the molecule is CCCCCC(=O)N1CCc2ccc(OCCc3nc(-c4ccccc4)oc3C)cc2C1C(=O)OCC. The van der Waals surface area contributed by atoms with Gasteiger partial charge in [-0.15, -0.1) is 0 Å². The second kappa shape index (κ2) is 12.6. The van der Waals surface area contributed by atoms with Crippen LogP contribution in [-0.4, -0.2) is 41.5 Å². The van der Waals surface area contributed by atoms with E-state index in [1.807, 2.05) is 55.5 Å². The number of hydrogen-bond acceptors (Lipinski definition) is 6. The molecule has 7 heteroatoms. The number of rotatable bonds is 11. The van der Waals surface area contributed by atoms with Crippen LogP contribution >= 0.6 is 0 Å². The van der Waals surface area contributed by atoms with Gasteiger partial charge in [-0.05, 0) is 62.1 Å². The van der Waals surface area contributed by atoms with Gasteiger partial charge in [0.05, 0.1) is 18.9 Å². The average molecular weight is 505 g/mol. The van der Waals surface area contributed by atoms with Crippen LogP contribution in [-0.2, 0) is 27.2 Å². The fourth-order valence-corrected chi connectivity index (χ4v) is 4.73. The maximum Gasteiger partial charge on any atom is 0.333 e. The van der Waals surface area contributed by atoms with Gasteiger partial charge >= 0.3 is 5.97 Å². The molecule has 0 N–H and O–H groups in total. The average Bonchev–Trinajstić information content (AvgIpc) is 3.28. The molecule has 0 spiro atoms. The van der Waals surface area contributed by atoms with Gasteiger partial charge in [0.2, 0.25) is 11.8 Å². The van der Waals surface area contributed by atoms with Crippen LogP contribution in [0.1, 0.15) is 68.2 Å². The molecule has 0 saturated carbocycles. The highest BCUT2D eigenvalue weighted by atomic mass is 16.5. The van der Waals surface area contributed by atoms with Gasteiger partial charge in [-0.1, -0.05) is 44.0 Å². The van der Waals surface area contributed by atoms with Crippen LogP contribution in [0.25, 0.3) is 11.5 Å². The molecule has 2 heterocycles. The number of esters is 1. The van der Waals surface area contributed by atoms with Crippen molar-refractivity contribution in [1.29, 1.82) is 0 Å². The molecular formula is C30H36N2O5. The Balaban J connectivity index is 1.47. The predicted octanol–water partition coefficient (Wildman–Crippen LogP) is 5.84. The zero-order valence-corrected chi connectivity index (χ0v) is 22.0. The van der Waals surface area contributed by atoms with Gasteiger partial charge in [0.1, 0.15) is 11.5 Å². The lowest BCUT2D eigenvalue weighted by molar-refractivity contribution is -0.156. The van der Waals surface area contributed by atoms with E-state index in [2.05, 4.69) is 11.9 Å². The van der Waals surface area contributed by atoms with Crippen LogP contribution in [0.15, 0.2) is 52.9 Å². The lowest BCUT2D eigenvalue weighted by Gasteiger charge is -2.36. The summed E-state index contributed by atoms with van der Waals surface area (Å²) in [7, 11) is 0. The van der Waals surface area contributed by atoms with Gasteiger partial charge in [0, 0.05) is 24.9 Å². The van der Waals surface area contributed by atoms with Crippen molar-refractivity contribution in [2.75, 3.05) is 19.8 Å². The van der Waals surface area contributed by atoms with E-state index in [1.165, 1.54) is 0 Å². The highest BCUT2D eigenvalue weighted by molar-refractivity contribution is 5.86. The van der Waals surface area contributed by atoms with Crippen molar-refractivity contribution in [3.63, 3.8) is 0 Å². The van der Waals surface area contributed by atoms with E-state index < -0.39 is 12.0 Å². The second-order valence-electron chi connectivity index (χ2n) is 9.30. The van der Waals surface area contributed by atoms with Crippen LogP contribution in [0.4, 0.5) is 0 Å². The smallest absolute Gasteiger partial charge is 0.333 e. The number of unbranched alkanes of at least 4 members (excludes halogenated alkanes) is 2. The van der Waals surface area contributed by atoms with Crippen molar-refractivity contribution in [2.45, 2.75) is 65.3 Å². The molecule has 7 nitrogen and oxygen atoms in total. The summed E-state index contributed by atoms with van der Waals surface area (Å²) in [6, 6.07) is 14.9. The summed E-state index contributed by atoms with van der Waals surface area (Å²) in [5.41, 5.74) is 3.62. The van der Waals surface area contributed by atoms with Crippen molar-refractivity contribution >= 4 is 11.9 Å². The number of fused-ring (bicyclic) bond motifs is 1. The van der Waals surface area contributed by atoms with Gasteiger partial charge in [-0.25, -0.2) is 9.78 Å². The Morgan fingerprint density at radius 3 is 2.68 bits per heavy atom. The molecule has 4 rings (SSSR count). The topological polar surface area (TPSA) is 81.9 Å². The maximum atomic E-state index is 13.0. The third-order valence-electron chi connectivity index (χ3n) is 6.69. The third-order valence-corrected chi connectivity index (χ3v) is 6.69. The van der Waals surface area contributed by atoms with Crippen molar-refractivity contribution in [2.24, 2.45) is 0 Å². The van der Waals surface area contributed by atoms with Crippen LogP contribution in [0.2, 0.25) is 0 Å². The van der Waals surface area contributed by atoms with E-state index in [1.54, 1.807) is 11.8 Å². The second-order valence-corrected chi connectivity index (χ2v) is 9.30. The Kier molecular flexibility index (Phi) is 8.99. The van der Waals surface area contributed by atoms with Gasteiger partial charge in [-0.2, -0.15) is 0 Å². The van der Waals surface area contributed by atoms with Gasteiger partial charge in [-0.3, -0.25) is 4.79 Å². The van der Waals surface area contributed by atoms with E-state index in [0.29, 0.717) is 44.1 Å². The molecule has 1 aliphatic heterocycles. The summed E-state index contributed by atoms with van der Waals surface area (Å²) in [6.45, 7) is 6.98. The summed E-state index contributed by atoms with van der Waals surface area (Å²) >= 11 is 0. The van der Waals surface area contributed by atoms with E-state index in [0.717, 1.165) is 47.4 Å². The Labute approximate surface area is 218 Å². The van der Waals surface area contributed by atoms with Crippen LogP contribution in [0.5, 0.6) is 5.75 Å². The Bertz CT molecular complexity index is 1200. The third kappa shape index (κ3) is 6.40. The summed E-state index contributed by atoms with van der Waals surface area (Å²) in [5, 5.41) is 0. The number of carbonyl (C=O) groups is 2. The number of aryl methyl sites for hydroxylation is 1. The Morgan fingerprint density at radius 1 is 1.11 bits per heavy atom. The largest absolute Gasteiger partial charge is 0.493 e. The minimum atomic E-state index is -0.743. The molecule has 0 aliphatic carbocycles. The molecule has 2 aromatic carbocycles. The number of aromatic nitrogens is 1. The number of carbonyl (C=O) groups excluding carboxylic acids is 2. The molecule has 37 heavy (non-hydrogen) atoms. The highest BCUT2D eigenvalue weighted by Crippen LogP contribution is 2.34. The Hall–Kier alpha value is -3.61. The van der Waals surface area contributed by atoms with E-state index in [-0.39, 0.29) is 12.5 Å². The molecule has 1 atom stereocenters. The van der Waals surface area contributed by atoms with Gasteiger partial charge < -0.3 is 18.8 Å². The zero-order chi connectivity index (χ0) is 26.2. The van der Waals surface area contributed by atoms with E-state index >= 15 is 0 Å². The first-order valence-corrected chi connectivity index (χ1v) is 13.2. The molecule has 0 bridgehead atoms. The van der Waals surface area contributed by atoms with Crippen LogP contribution in [0.3, 0.4) is 0 Å². The molecule has 0 fully saturated rings. The number of amides is 1. The summed E-state index contributed by atoms with van der Waals surface area (Å²) in [6.07, 6.45) is 4.59. The zero-order valence-electron chi connectivity index (χ0n) is 22.0. The van der Waals surface area contributed by atoms with Crippen molar-refractivity contribution in [3.05, 3.63) is 71.1 Å². The molecule has 1 amide bonds. The number of benzene rings is 2. The number of oxazole rings is 1. The lowest BCUT2D eigenvalue weighted by Crippen LogP contribution is -2.44. The molecule has 1 aliphatic rings. The van der Waals surface area contributed by atoms with Crippen molar-refractivity contribution in [1.82, 2.24) is 9.88 Å². The van der Waals surface area contributed by atoms with Crippen molar-refractivity contribution < 1.29 is 23.5 Å². The summed E-state index contributed by atoms with van der Waals surface area (Å²) in [4.78, 5) is 32.3. The summed E-state index contributed by atoms with van der Waals surface area (Å²) in [5.74, 6) is 1.63. The quantitative estimate of drug-likeness (QED) is 0.241. The van der Waals surface area contributed by atoms with Crippen LogP contribution < -0.4 is 4.74 Å². The minimum absolute atomic E-state index is 0.000739. The normalized spacial score (nSPS) is 14.8. The standard InChI is InChI=1S/C30H36N2O5/c1-4-6-8-13-27(33)32-18-16-22-14-15-24(20-25(22)28(32)30(34)35-5-2)36-19-17-26-21(3)37-29(31-26)23-11-9-7-10-12-23/h7,9-12,14-15,20,28H,4-6,8,13,16-19H2,1-3H3. The molecule has 1 aromatic heterocycles. The highest BCUT2D eigenvalue weighted by Gasteiger charge is 2.37. The first-order valence-electron chi connectivity index (χ1n) is 13.2. The molecule has 196 valence electrons. The fraction of sp³-hybridized carbons (Fsp3) is 0.433. The Morgan fingerprint density at radius 2 is 1.92 bits per heavy atom. The molecular weight excluding hydrogens is 468 g/mol. The maximum absolute atomic E-state index is 13.0. The number of hydrogen-bond donors (Lipinski definition) is 0. The number of ether oxygens (including phenoxy) is 2. The summed E-state index contributed by atoms with van der Waals surface area (Å²) < 4.78 is 17.3. The molecule has 0 saturated heterocycles. The molecule has 0 radical (unpaired) electrons. The van der Waals surface area contributed by atoms with Gasteiger partial charge in [0.25, 0.3) is 0 Å².